The molecule has 3 heteroatoms. The van der Waals surface area contributed by atoms with Gasteiger partial charge in [-0.3, -0.25) is 0 Å². The maximum absolute atomic E-state index is 6.25. The van der Waals surface area contributed by atoms with Crippen molar-refractivity contribution < 1.29 is 14.2 Å². The fraction of sp³-hybridized carbons (Fsp3) is 1.00. The summed E-state index contributed by atoms with van der Waals surface area (Å²) < 4.78 is 18.1. The highest BCUT2D eigenvalue weighted by atomic mass is 16.7. The average Bonchev–Trinajstić information content (AvgIpc) is 3.24. The summed E-state index contributed by atoms with van der Waals surface area (Å²) in [6, 6.07) is 0. The van der Waals surface area contributed by atoms with Gasteiger partial charge in [-0.25, -0.2) is 0 Å². The maximum Gasteiger partial charge on any atom is 0.157 e. The van der Waals surface area contributed by atoms with Crippen LogP contribution < -0.4 is 0 Å². The van der Waals surface area contributed by atoms with E-state index in [1.807, 2.05) is 7.11 Å². The van der Waals surface area contributed by atoms with Crippen LogP contribution in [0.15, 0.2) is 0 Å². The summed E-state index contributed by atoms with van der Waals surface area (Å²) in [7, 11) is 2.01. The fourth-order valence-electron chi connectivity index (χ4n) is 10.7. The standard InChI is InChI=1S/C33H58O3/c1-23(22-36-31-14-7-9-20-35-31)11-10-12-24(2)26-15-16-27-25-21-30(34-5)29-13-6-8-18-32(29,3)28(25)17-19-33(26,27)4/h23-31H,6-22H2,1-5H3/t23-,24-,25-,26+,27-,28-,29-,30+,31-,32-,33-/m1/s1. The molecule has 4 aliphatic carbocycles. The third-order valence-electron chi connectivity index (χ3n) is 12.7. The molecule has 0 N–H and O–H groups in total. The second-order valence-electron chi connectivity index (χ2n) is 14.6. The van der Waals surface area contributed by atoms with E-state index in [2.05, 4.69) is 27.7 Å². The summed E-state index contributed by atoms with van der Waals surface area (Å²) in [4.78, 5) is 0. The smallest absolute Gasteiger partial charge is 0.157 e. The van der Waals surface area contributed by atoms with Gasteiger partial charge in [0.15, 0.2) is 6.29 Å². The van der Waals surface area contributed by atoms with Gasteiger partial charge in [-0.15, -0.1) is 0 Å². The van der Waals surface area contributed by atoms with Gasteiger partial charge in [0.1, 0.15) is 0 Å². The second kappa shape index (κ2) is 11.5. The van der Waals surface area contributed by atoms with Crippen molar-refractivity contribution in [3.8, 4) is 0 Å². The lowest BCUT2D eigenvalue weighted by atomic mass is 9.44. The molecular formula is C33H58O3. The van der Waals surface area contributed by atoms with E-state index < -0.39 is 0 Å². The molecule has 5 fully saturated rings. The zero-order chi connectivity index (χ0) is 25.3. The lowest BCUT2D eigenvalue weighted by molar-refractivity contribution is -0.168. The van der Waals surface area contributed by atoms with Gasteiger partial charge < -0.3 is 14.2 Å². The average molecular weight is 503 g/mol. The van der Waals surface area contributed by atoms with Crippen LogP contribution in [-0.4, -0.2) is 32.7 Å². The second-order valence-corrected chi connectivity index (χ2v) is 14.6. The van der Waals surface area contributed by atoms with E-state index in [-0.39, 0.29) is 6.29 Å². The predicted octanol–water partition coefficient (Wildman–Crippen LogP) is 8.65. The van der Waals surface area contributed by atoms with E-state index in [9.17, 15) is 0 Å². The lowest BCUT2D eigenvalue weighted by Gasteiger charge is -2.62. The van der Waals surface area contributed by atoms with Crippen LogP contribution in [0.3, 0.4) is 0 Å². The molecule has 1 heterocycles. The quantitative estimate of drug-likeness (QED) is 0.316. The van der Waals surface area contributed by atoms with E-state index in [4.69, 9.17) is 14.2 Å². The van der Waals surface area contributed by atoms with Crippen LogP contribution in [0.5, 0.6) is 0 Å². The summed E-state index contributed by atoms with van der Waals surface area (Å²) in [5.74, 6) is 6.02. The van der Waals surface area contributed by atoms with E-state index in [0.717, 1.165) is 55.1 Å². The Kier molecular flexibility index (Phi) is 8.80. The molecule has 3 nitrogen and oxygen atoms in total. The van der Waals surface area contributed by atoms with Crippen molar-refractivity contribution in [2.24, 2.45) is 52.3 Å². The first-order chi connectivity index (χ1) is 17.4. The Labute approximate surface area is 223 Å². The summed E-state index contributed by atoms with van der Waals surface area (Å²) >= 11 is 0. The maximum atomic E-state index is 6.25. The zero-order valence-electron chi connectivity index (χ0n) is 24.4. The van der Waals surface area contributed by atoms with Gasteiger partial charge in [-0.2, -0.15) is 0 Å². The molecule has 0 amide bonds. The Morgan fingerprint density at radius 1 is 0.833 bits per heavy atom. The van der Waals surface area contributed by atoms with Crippen molar-refractivity contribution in [2.75, 3.05) is 20.3 Å². The Balaban J connectivity index is 1.15. The molecule has 0 aromatic heterocycles. The number of rotatable bonds is 9. The summed E-state index contributed by atoms with van der Waals surface area (Å²) in [6.07, 6.45) is 21.2. The summed E-state index contributed by atoms with van der Waals surface area (Å²) in [5, 5.41) is 0. The molecule has 5 aliphatic rings. The number of hydrogen-bond donors (Lipinski definition) is 0. The Morgan fingerprint density at radius 3 is 2.42 bits per heavy atom. The van der Waals surface area contributed by atoms with Gasteiger partial charge in [0.05, 0.1) is 12.7 Å². The zero-order valence-corrected chi connectivity index (χ0v) is 24.4. The van der Waals surface area contributed by atoms with Crippen molar-refractivity contribution >= 4 is 0 Å². The normalized spacial score (nSPS) is 46.4. The molecule has 0 aromatic carbocycles. The lowest BCUT2D eigenvalue weighted by Crippen LogP contribution is -2.57. The van der Waals surface area contributed by atoms with Gasteiger partial charge in [0.25, 0.3) is 0 Å². The topological polar surface area (TPSA) is 27.7 Å². The third-order valence-corrected chi connectivity index (χ3v) is 12.7. The van der Waals surface area contributed by atoms with Gasteiger partial charge >= 0.3 is 0 Å². The van der Waals surface area contributed by atoms with Crippen LogP contribution in [0.2, 0.25) is 0 Å². The molecule has 0 unspecified atom stereocenters. The van der Waals surface area contributed by atoms with Gasteiger partial charge in [0.2, 0.25) is 0 Å². The Morgan fingerprint density at radius 2 is 1.64 bits per heavy atom. The summed E-state index contributed by atoms with van der Waals surface area (Å²) in [5.41, 5.74) is 1.09. The Bertz CT molecular complexity index is 703. The molecule has 5 rings (SSSR count). The molecule has 0 radical (unpaired) electrons. The molecule has 1 saturated heterocycles. The molecular weight excluding hydrogens is 444 g/mol. The molecule has 4 saturated carbocycles. The molecule has 0 aromatic rings. The van der Waals surface area contributed by atoms with Gasteiger partial charge in [0, 0.05) is 13.7 Å². The minimum absolute atomic E-state index is 0.0641. The predicted molar refractivity (Wildman–Crippen MR) is 148 cm³/mol. The first-order valence-electron chi connectivity index (χ1n) is 16.1. The van der Waals surface area contributed by atoms with Crippen LogP contribution in [0.4, 0.5) is 0 Å². The molecule has 208 valence electrons. The minimum Gasteiger partial charge on any atom is -0.381 e. The van der Waals surface area contributed by atoms with Crippen molar-refractivity contribution in [3.05, 3.63) is 0 Å². The Hall–Kier alpha value is -0.120. The van der Waals surface area contributed by atoms with E-state index >= 15 is 0 Å². The molecule has 0 bridgehead atoms. The van der Waals surface area contributed by atoms with Crippen LogP contribution in [0.1, 0.15) is 124 Å². The fourth-order valence-corrected chi connectivity index (χ4v) is 10.7. The van der Waals surface area contributed by atoms with Gasteiger partial charge in [-0.1, -0.05) is 53.4 Å². The van der Waals surface area contributed by atoms with E-state index in [1.54, 1.807) is 0 Å². The van der Waals surface area contributed by atoms with E-state index in [1.165, 1.54) is 89.9 Å². The third kappa shape index (κ3) is 5.21. The highest BCUT2D eigenvalue weighted by Gasteiger charge is 2.62. The summed E-state index contributed by atoms with van der Waals surface area (Å²) in [6.45, 7) is 12.1. The molecule has 11 atom stereocenters. The molecule has 0 spiro atoms. The minimum atomic E-state index is 0.0641. The van der Waals surface area contributed by atoms with Gasteiger partial charge in [-0.05, 0) is 123 Å². The van der Waals surface area contributed by atoms with Crippen LogP contribution >= 0.6 is 0 Å². The monoisotopic (exact) mass is 502 g/mol. The SMILES string of the molecule is CO[C@H]1C[C@H]2[C@@H](CC[C@@]3(C)[C@@H]2CC[C@H]3[C@H](C)CCC[C@@H](C)CO[C@@H]2CCCCO2)[C@@]2(C)CCCC[C@H]12. The number of ether oxygens (including phenoxy) is 3. The van der Waals surface area contributed by atoms with E-state index in [0.29, 0.717) is 22.9 Å². The number of methoxy groups -OCH3 is 1. The largest absolute Gasteiger partial charge is 0.381 e. The number of fused-ring (bicyclic) bond motifs is 5. The van der Waals surface area contributed by atoms with Crippen LogP contribution in [-0.2, 0) is 14.2 Å². The highest BCUT2D eigenvalue weighted by molar-refractivity contribution is 5.11. The first-order valence-corrected chi connectivity index (χ1v) is 16.1. The van der Waals surface area contributed by atoms with Crippen LogP contribution in [0, 0.1) is 52.3 Å². The first kappa shape index (κ1) is 27.4. The van der Waals surface area contributed by atoms with Crippen molar-refractivity contribution in [3.63, 3.8) is 0 Å². The van der Waals surface area contributed by atoms with Crippen molar-refractivity contribution in [1.82, 2.24) is 0 Å². The van der Waals surface area contributed by atoms with Crippen LogP contribution in [0.25, 0.3) is 0 Å². The number of hydrogen-bond acceptors (Lipinski definition) is 3. The molecule has 36 heavy (non-hydrogen) atoms. The van der Waals surface area contributed by atoms with Crippen molar-refractivity contribution in [2.45, 2.75) is 136 Å². The molecule has 1 aliphatic heterocycles. The van der Waals surface area contributed by atoms with Crippen molar-refractivity contribution in [1.29, 1.82) is 0 Å². The highest BCUT2D eigenvalue weighted by Crippen LogP contribution is 2.68.